The van der Waals surface area contributed by atoms with Crippen molar-refractivity contribution in [3.8, 4) is 0 Å². The predicted octanol–water partition coefficient (Wildman–Crippen LogP) is 3.40. The van der Waals surface area contributed by atoms with Crippen LogP contribution in [0.1, 0.15) is 24.2 Å². The largest absolute Gasteiger partial charge is 0.463 e. The third-order valence-electron chi connectivity index (χ3n) is 1.98. The molecule has 0 unspecified atom stereocenters. The molecule has 5 nitrogen and oxygen atoms in total. The van der Waals surface area contributed by atoms with Crippen LogP contribution < -0.4 is 0 Å². The molecule has 0 saturated heterocycles. The number of rotatable bonds is 4. The number of hydrogen-bond donors (Lipinski definition) is 0. The number of nitrogens with zero attached hydrogens (tertiary/aromatic N) is 2. The molecule has 0 aliphatic rings. The van der Waals surface area contributed by atoms with E-state index in [1.807, 2.05) is 0 Å². The SMILES string of the molecule is CCOC(=O)/C=C(\C)N=NC(=O)c1cccc(Cl)c1. The van der Waals surface area contributed by atoms with Gasteiger partial charge in [-0.05, 0) is 32.0 Å². The van der Waals surface area contributed by atoms with Crippen LogP contribution in [-0.4, -0.2) is 18.5 Å². The topological polar surface area (TPSA) is 68.1 Å². The summed E-state index contributed by atoms with van der Waals surface area (Å²) in [5, 5.41) is 7.59. The zero-order chi connectivity index (χ0) is 14.3. The van der Waals surface area contributed by atoms with E-state index >= 15 is 0 Å². The van der Waals surface area contributed by atoms with Crippen molar-refractivity contribution < 1.29 is 14.3 Å². The van der Waals surface area contributed by atoms with Gasteiger partial charge in [-0.1, -0.05) is 17.7 Å². The van der Waals surface area contributed by atoms with Gasteiger partial charge in [-0.25, -0.2) is 4.79 Å². The molecule has 0 saturated carbocycles. The number of allylic oxidation sites excluding steroid dienone is 1. The number of hydrogen-bond acceptors (Lipinski definition) is 4. The van der Waals surface area contributed by atoms with Gasteiger partial charge >= 0.3 is 5.97 Å². The highest BCUT2D eigenvalue weighted by Crippen LogP contribution is 2.12. The lowest BCUT2D eigenvalue weighted by Crippen LogP contribution is -2.00. The summed E-state index contributed by atoms with van der Waals surface area (Å²) >= 11 is 5.76. The minimum Gasteiger partial charge on any atom is -0.463 e. The van der Waals surface area contributed by atoms with Crippen LogP contribution in [0, 0.1) is 0 Å². The summed E-state index contributed by atoms with van der Waals surface area (Å²) in [6, 6.07) is 6.37. The summed E-state index contributed by atoms with van der Waals surface area (Å²) in [5.41, 5.74) is 0.619. The van der Waals surface area contributed by atoms with Crippen LogP contribution in [0.25, 0.3) is 0 Å². The Morgan fingerprint density at radius 1 is 1.37 bits per heavy atom. The minimum absolute atomic E-state index is 0.279. The molecule has 0 fully saturated rings. The Morgan fingerprint density at radius 3 is 2.74 bits per heavy atom. The van der Waals surface area contributed by atoms with Crippen LogP contribution in [0.15, 0.2) is 46.3 Å². The number of esters is 1. The molecule has 0 spiro atoms. The zero-order valence-electron chi connectivity index (χ0n) is 10.6. The Hall–Kier alpha value is -2.01. The lowest BCUT2D eigenvalue weighted by molar-refractivity contribution is -0.137. The lowest BCUT2D eigenvalue weighted by atomic mass is 10.2. The summed E-state index contributed by atoms with van der Waals surface area (Å²) in [4.78, 5) is 22.8. The average molecular weight is 281 g/mol. The molecule has 0 atom stereocenters. The van der Waals surface area contributed by atoms with Gasteiger partial charge in [-0.3, -0.25) is 4.79 Å². The Bertz CT molecular complexity index is 538. The van der Waals surface area contributed by atoms with Crippen molar-refractivity contribution >= 4 is 23.5 Å². The van der Waals surface area contributed by atoms with Gasteiger partial charge < -0.3 is 4.74 Å². The molecule has 19 heavy (non-hydrogen) atoms. The van der Waals surface area contributed by atoms with Gasteiger partial charge in [0.15, 0.2) is 0 Å². The van der Waals surface area contributed by atoms with Crippen LogP contribution >= 0.6 is 11.6 Å². The Balaban J connectivity index is 2.71. The van der Waals surface area contributed by atoms with Gasteiger partial charge in [0, 0.05) is 16.7 Å². The standard InChI is InChI=1S/C13H13ClN2O3/c1-3-19-12(17)7-9(2)15-16-13(18)10-5-4-6-11(14)8-10/h4-8H,3H2,1-2H3/b9-7+,16-15?. The molecule has 0 aromatic heterocycles. The second-order valence-electron chi connectivity index (χ2n) is 3.55. The molecule has 0 N–H and O–H groups in total. The normalized spacial score (nSPS) is 11.6. The number of ether oxygens (including phenoxy) is 1. The molecule has 0 bridgehead atoms. The molecule has 0 heterocycles. The third kappa shape index (κ3) is 5.44. The zero-order valence-corrected chi connectivity index (χ0v) is 11.3. The average Bonchev–Trinajstić information content (AvgIpc) is 2.36. The summed E-state index contributed by atoms with van der Waals surface area (Å²) in [5.74, 6) is -1.05. The molecule has 1 aromatic carbocycles. The predicted molar refractivity (Wildman–Crippen MR) is 71.0 cm³/mol. The first kappa shape index (κ1) is 15.0. The molecule has 1 rings (SSSR count). The molecular formula is C13H13ClN2O3. The van der Waals surface area contributed by atoms with E-state index in [-0.39, 0.29) is 12.3 Å². The van der Waals surface area contributed by atoms with E-state index in [2.05, 4.69) is 10.2 Å². The number of benzene rings is 1. The summed E-state index contributed by atoms with van der Waals surface area (Å²) < 4.78 is 4.70. The van der Waals surface area contributed by atoms with Crippen molar-refractivity contribution in [1.29, 1.82) is 0 Å². The molecule has 0 radical (unpaired) electrons. The molecular weight excluding hydrogens is 268 g/mol. The van der Waals surface area contributed by atoms with Crippen LogP contribution in [0.5, 0.6) is 0 Å². The van der Waals surface area contributed by atoms with Crippen LogP contribution in [0.4, 0.5) is 0 Å². The van der Waals surface area contributed by atoms with Crippen molar-refractivity contribution in [3.63, 3.8) is 0 Å². The molecule has 100 valence electrons. The van der Waals surface area contributed by atoms with Crippen molar-refractivity contribution in [2.45, 2.75) is 13.8 Å². The molecule has 0 aliphatic carbocycles. The minimum atomic E-state index is -0.529. The van der Waals surface area contributed by atoms with Gasteiger partial charge in [0.05, 0.1) is 12.3 Å². The van der Waals surface area contributed by atoms with E-state index in [0.29, 0.717) is 10.6 Å². The highest BCUT2D eigenvalue weighted by atomic mass is 35.5. The van der Waals surface area contributed by atoms with Gasteiger partial charge in [0.2, 0.25) is 0 Å². The number of carbonyl (C=O) groups excluding carboxylic acids is 2. The van der Waals surface area contributed by atoms with Gasteiger partial charge in [-0.15, -0.1) is 5.11 Å². The van der Waals surface area contributed by atoms with Gasteiger partial charge in [0.25, 0.3) is 5.91 Å². The first-order valence-corrected chi connectivity index (χ1v) is 5.97. The van der Waals surface area contributed by atoms with E-state index in [9.17, 15) is 9.59 Å². The second kappa shape index (κ2) is 7.43. The van der Waals surface area contributed by atoms with Gasteiger partial charge in [-0.2, -0.15) is 5.11 Å². The highest BCUT2D eigenvalue weighted by molar-refractivity contribution is 6.30. The number of carbonyl (C=O) groups is 2. The maximum Gasteiger partial charge on any atom is 0.332 e. The van der Waals surface area contributed by atoms with E-state index in [1.54, 1.807) is 32.0 Å². The molecule has 1 amide bonds. The monoisotopic (exact) mass is 280 g/mol. The quantitative estimate of drug-likeness (QED) is 0.482. The van der Waals surface area contributed by atoms with Crippen molar-refractivity contribution in [2.75, 3.05) is 6.61 Å². The van der Waals surface area contributed by atoms with E-state index < -0.39 is 11.9 Å². The van der Waals surface area contributed by atoms with Crippen molar-refractivity contribution in [3.05, 3.63) is 46.6 Å². The van der Waals surface area contributed by atoms with Crippen LogP contribution in [0.3, 0.4) is 0 Å². The Morgan fingerprint density at radius 2 is 2.11 bits per heavy atom. The second-order valence-corrected chi connectivity index (χ2v) is 3.99. The Labute approximate surface area is 115 Å². The summed E-state index contributed by atoms with van der Waals surface area (Å²) in [6.07, 6.45) is 1.16. The number of halogens is 1. The molecule has 0 aliphatic heterocycles. The molecule has 6 heteroatoms. The van der Waals surface area contributed by atoms with E-state index in [1.165, 1.54) is 6.07 Å². The van der Waals surface area contributed by atoms with E-state index in [4.69, 9.17) is 16.3 Å². The molecule has 1 aromatic rings. The number of azo groups is 1. The highest BCUT2D eigenvalue weighted by Gasteiger charge is 2.04. The van der Waals surface area contributed by atoms with E-state index in [0.717, 1.165) is 6.08 Å². The van der Waals surface area contributed by atoms with Crippen LogP contribution in [0.2, 0.25) is 5.02 Å². The first-order valence-electron chi connectivity index (χ1n) is 5.59. The van der Waals surface area contributed by atoms with Crippen molar-refractivity contribution in [2.24, 2.45) is 10.2 Å². The van der Waals surface area contributed by atoms with Crippen molar-refractivity contribution in [1.82, 2.24) is 0 Å². The fourth-order valence-corrected chi connectivity index (χ4v) is 1.38. The summed E-state index contributed by atoms with van der Waals surface area (Å²) in [6.45, 7) is 3.53. The third-order valence-corrected chi connectivity index (χ3v) is 2.22. The Kier molecular flexibility index (Phi) is 5.89. The smallest absolute Gasteiger partial charge is 0.332 e. The first-order chi connectivity index (χ1) is 9.02. The van der Waals surface area contributed by atoms with Crippen LogP contribution in [-0.2, 0) is 9.53 Å². The van der Waals surface area contributed by atoms with Gasteiger partial charge in [0.1, 0.15) is 0 Å². The fraction of sp³-hybridized carbons (Fsp3) is 0.231. The summed E-state index contributed by atoms with van der Waals surface area (Å²) in [7, 11) is 0. The lowest BCUT2D eigenvalue weighted by Gasteiger charge is -1.96. The maximum atomic E-state index is 11.7. The fourth-order valence-electron chi connectivity index (χ4n) is 1.19. The number of amides is 1. The maximum absolute atomic E-state index is 11.7.